The van der Waals surface area contributed by atoms with E-state index in [1.807, 2.05) is 12.7 Å². The van der Waals surface area contributed by atoms with Crippen molar-refractivity contribution >= 4 is 20.1 Å². The molecular weight excluding hydrogens is 455 g/mol. The molecule has 4 rings (SSSR count). The predicted molar refractivity (Wildman–Crippen MR) is 127 cm³/mol. The zero-order chi connectivity index (χ0) is 24.2. The van der Waals surface area contributed by atoms with Gasteiger partial charge in [-0.15, -0.1) is 0 Å². The SMILES string of the molecule is Cc1cn([C@H]2C[C@@H]3[C@H](O2)[C@H](C)C[C@H]3OP(C)OCCC#N)c(=O)nc1NC(=O)c1ccccc1. The minimum Gasteiger partial charge on any atom is -0.354 e. The summed E-state index contributed by atoms with van der Waals surface area (Å²) in [6, 6.07) is 10.9. The summed E-state index contributed by atoms with van der Waals surface area (Å²) < 4.78 is 19.6. The number of aromatic nitrogens is 2. The molecule has 1 amide bonds. The lowest BCUT2D eigenvalue weighted by Crippen LogP contribution is -2.30. The molecule has 9 nitrogen and oxygen atoms in total. The second kappa shape index (κ2) is 10.7. The molecule has 2 heterocycles. The van der Waals surface area contributed by atoms with E-state index >= 15 is 0 Å². The van der Waals surface area contributed by atoms with Crippen LogP contribution in [0.5, 0.6) is 0 Å². The normalized spacial score (nSPS) is 26.6. The number of fused-ring (bicyclic) bond motifs is 1. The number of nitrogens with one attached hydrogen (secondary N) is 1. The molecule has 1 saturated carbocycles. The van der Waals surface area contributed by atoms with Crippen molar-refractivity contribution < 1.29 is 18.6 Å². The quantitative estimate of drug-likeness (QED) is 0.445. The first kappa shape index (κ1) is 24.5. The van der Waals surface area contributed by atoms with Gasteiger partial charge in [-0.05, 0) is 31.4 Å². The van der Waals surface area contributed by atoms with Crippen molar-refractivity contribution in [2.75, 3.05) is 18.6 Å². The van der Waals surface area contributed by atoms with E-state index in [4.69, 9.17) is 19.0 Å². The summed E-state index contributed by atoms with van der Waals surface area (Å²) in [5, 5.41) is 11.4. The van der Waals surface area contributed by atoms with Crippen LogP contribution >= 0.6 is 8.38 Å². The van der Waals surface area contributed by atoms with Crippen LogP contribution in [-0.4, -0.2) is 40.9 Å². The first-order chi connectivity index (χ1) is 16.4. The Labute approximate surface area is 200 Å². The van der Waals surface area contributed by atoms with E-state index in [1.54, 1.807) is 37.4 Å². The number of carbonyl (C=O) groups excluding carboxylic acids is 1. The van der Waals surface area contributed by atoms with Crippen molar-refractivity contribution in [3.63, 3.8) is 0 Å². The Kier molecular flexibility index (Phi) is 7.74. The maximum absolute atomic E-state index is 12.9. The molecule has 0 bridgehead atoms. The van der Waals surface area contributed by atoms with Crippen LogP contribution in [0.2, 0.25) is 0 Å². The van der Waals surface area contributed by atoms with Crippen molar-refractivity contribution in [3.05, 3.63) is 58.1 Å². The summed E-state index contributed by atoms with van der Waals surface area (Å²) in [7, 11) is -1.09. The van der Waals surface area contributed by atoms with Gasteiger partial charge in [0, 0.05) is 36.3 Å². The number of ether oxygens (including phenoxy) is 1. The van der Waals surface area contributed by atoms with Gasteiger partial charge in [0.25, 0.3) is 5.91 Å². The molecule has 0 radical (unpaired) electrons. The second-order valence-electron chi connectivity index (χ2n) is 8.78. The summed E-state index contributed by atoms with van der Waals surface area (Å²) >= 11 is 0. The van der Waals surface area contributed by atoms with Crippen LogP contribution in [0, 0.1) is 30.1 Å². The summed E-state index contributed by atoms with van der Waals surface area (Å²) in [5.41, 5.74) is 0.697. The smallest absolute Gasteiger partial charge is 0.351 e. The zero-order valence-electron chi connectivity index (χ0n) is 19.5. The fraction of sp³-hybridized carbons (Fsp3) is 0.500. The van der Waals surface area contributed by atoms with E-state index in [0.29, 0.717) is 30.6 Å². The van der Waals surface area contributed by atoms with Crippen LogP contribution in [0.25, 0.3) is 0 Å². The molecule has 2 aliphatic rings. The predicted octanol–water partition coefficient (Wildman–Crippen LogP) is 4.00. The van der Waals surface area contributed by atoms with Gasteiger partial charge in [0.1, 0.15) is 12.0 Å². The lowest BCUT2D eigenvalue weighted by Gasteiger charge is -2.22. The van der Waals surface area contributed by atoms with E-state index in [-0.39, 0.29) is 35.8 Å². The highest BCUT2D eigenvalue weighted by molar-refractivity contribution is 7.46. The highest BCUT2D eigenvalue weighted by Crippen LogP contribution is 2.51. The van der Waals surface area contributed by atoms with Crippen LogP contribution in [-0.2, 0) is 13.8 Å². The Balaban J connectivity index is 1.44. The first-order valence-corrected chi connectivity index (χ1v) is 13.0. The lowest BCUT2D eigenvalue weighted by molar-refractivity contribution is -0.0219. The van der Waals surface area contributed by atoms with Gasteiger partial charge in [-0.25, -0.2) is 4.79 Å². The van der Waals surface area contributed by atoms with Crippen molar-refractivity contribution in [1.82, 2.24) is 9.55 Å². The van der Waals surface area contributed by atoms with Crippen molar-refractivity contribution in [2.24, 2.45) is 11.8 Å². The number of carbonyl (C=O) groups is 1. The Morgan fingerprint density at radius 2 is 2.12 bits per heavy atom. The molecule has 34 heavy (non-hydrogen) atoms. The van der Waals surface area contributed by atoms with Crippen molar-refractivity contribution in [3.8, 4) is 6.07 Å². The van der Waals surface area contributed by atoms with E-state index in [1.165, 1.54) is 4.57 Å². The molecule has 10 heteroatoms. The number of hydrogen-bond acceptors (Lipinski definition) is 7. The lowest BCUT2D eigenvalue weighted by atomic mass is 10.0. The minimum atomic E-state index is -1.09. The van der Waals surface area contributed by atoms with E-state index < -0.39 is 20.3 Å². The molecule has 0 spiro atoms. The summed E-state index contributed by atoms with van der Waals surface area (Å²) in [6.07, 6.45) is 3.07. The Morgan fingerprint density at radius 1 is 1.35 bits per heavy atom. The van der Waals surface area contributed by atoms with Crippen LogP contribution in [0.15, 0.2) is 41.3 Å². The van der Waals surface area contributed by atoms with Crippen molar-refractivity contribution in [2.45, 2.75) is 51.5 Å². The number of anilines is 1. The zero-order valence-corrected chi connectivity index (χ0v) is 20.4. The number of nitriles is 1. The first-order valence-electron chi connectivity index (χ1n) is 11.4. The fourth-order valence-corrected chi connectivity index (χ4v) is 5.74. The van der Waals surface area contributed by atoms with E-state index in [0.717, 1.165) is 6.42 Å². The van der Waals surface area contributed by atoms with Crippen molar-refractivity contribution in [1.29, 1.82) is 5.26 Å². The minimum absolute atomic E-state index is 0.0119. The van der Waals surface area contributed by atoms with Crippen LogP contribution in [0.4, 0.5) is 5.82 Å². The third-order valence-electron chi connectivity index (χ3n) is 6.34. The van der Waals surface area contributed by atoms with Crippen LogP contribution < -0.4 is 11.0 Å². The standard InChI is InChI=1S/C24H29N4O5P/c1-15-12-19(33-34(3)31-11-7-10-25)18-13-20(32-21(15)18)28-14-16(2)22(27-24(28)30)26-23(29)17-8-5-4-6-9-17/h4-6,8-9,14-15,18-21H,7,11-13H2,1-3H3,(H,26,27,29,30)/t15-,18+,19-,20-,21-,34?/m1/s1. The number of aryl methyl sites for hydroxylation is 1. The third kappa shape index (κ3) is 5.37. The van der Waals surface area contributed by atoms with Gasteiger partial charge in [0.2, 0.25) is 0 Å². The molecule has 1 saturated heterocycles. The molecule has 1 aliphatic heterocycles. The molecule has 180 valence electrons. The monoisotopic (exact) mass is 484 g/mol. The number of nitrogens with zero attached hydrogens (tertiary/aromatic N) is 3. The van der Waals surface area contributed by atoms with Gasteiger partial charge < -0.3 is 19.1 Å². The Morgan fingerprint density at radius 3 is 2.85 bits per heavy atom. The van der Waals surface area contributed by atoms with Gasteiger partial charge in [-0.1, -0.05) is 25.1 Å². The maximum Gasteiger partial charge on any atom is 0.351 e. The highest BCUT2D eigenvalue weighted by Gasteiger charge is 2.50. The number of benzene rings is 1. The van der Waals surface area contributed by atoms with Gasteiger partial charge in [-0.3, -0.25) is 9.36 Å². The summed E-state index contributed by atoms with van der Waals surface area (Å²) in [4.78, 5) is 29.4. The van der Waals surface area contributed by atoms with Gasteiger partial charge in [0.05, 0.1) is 31.3 Å². The van der Waals surface area contributed by atoms with Gasteiger partial charge in [-0.2, -0.15) is 10.2 Å². The third-order valence-corrected chi connectivity index (χ3v) is 7.45. The van der Waals surface area contributed by atoms with Crippen LogP contribution in [0.1, 0.15) is 48.3 Å². The fourth-order valence-electron chi connectivity index (χ4n) is 4.71. The summed E-state index contributed by atoms with van der Waals surface area (Å²) in [5.74, 6) is 0.363. The molecule has 2 aromatic rings. The molecule has 1 aromatic carbocycles. The Bertz CT molecular complexity index is 1120. The molecule has 1 aromatic heterocycles. The van der Waals surface area contributed by atoms with Gasteiger partial charge >= 0.3 is 5.69 Å². The molecule has 2 fully saturated rings. The molecule has 6 atom stereocenters. The highest BCUT2D eigenvalue weighted by atomic mass is 31.2. The maximum atomic E-state index is 12.9. The average molecular weight is 484 g/mol. The molecule has 1 N–H and O–H groups in total. The van der Waals surface area contributed by atoms with Crippen LogP contribution in [0.3, 0.4) is 0 Å². The van der Waals surface area contributed by atoms with E-state index in [9.17, 15) is 9.59 Å². The number of rotatable bonds is 8. The second-order valence-corrected chi connectivity index (χ2v) is 10.1. The topological polar surface area (TPSA) is 115 Å². The average Bonchev–Trinajstić information content (AvgIpc) is 3.37. The molecule has 1 unspecified atom stereocenters. The number of amides is 1. The summed E-state index contributed by atoms with van der Waals surface area (Å²) in [6.45, 7) is 6.20. The number of hydrogen-bond donors (Lipinski definition) is 1. The van der Waals surface area contributed by atoms with Gasteiger partial charge in [0.15, 0.2) is 8.38 Å². The largest absolute Gasteiger partial charge is 0.354 e. The Hall–Kier alpha value is -2.63. The molecular formula is C24H29N4O5P. The molecule has 1 aliphatic carbocycles. The van der Waals surface area contributed by atoms with E-state index in [2.05, 4.69) is 23.3 Å².